The average Bonchev–Trinajstić information content (AvgIpc) is 2.99. The molecule has 180 valence electrons. The van der Waals surface area contributed by atoms with Gasteiger partial charge in [-0.3, -0.25) is 4.90 Å². The molecule has 0 saturated carbocycles. The van der Waals surface area contributed by atoms with Crippen molar-refractivity contribution in [3.05, 3.63) is 54.1 Å². The van der Waals surface area contributed by atoms with Crippen LogP contribution in [0.4, 0.5) is 5.69 Å². The molecule has 7 nitrogen and oxygen atoms in total. The summed E-state index contributed by atoms with van der Waals surface area (Å²) >= 11 is 0. The highest BCUT2D eigenvalue weighted by atomic mass is 16.5. The van der Waals surface area contributed by atoms with Gasteiger partial charge in [0, 0.05) is 38.4 Å². The lowest BCUT2D eigenvalue weighted by molar-refractivity contribution is -0.0742. The standard InChI is InChI=1S/C26H36N2O5/c1-21-4-3-5-24(16-21)33-20-26(30)18-27(14-15-32-19-26)17-25(29)10-12-28(13-11-25)22-6-8-23(31-2)9-7-22/h3-9,16,29-30H,10-15,17-20H2,1-2H3/t26-/m0/s1. The van der Waals surface area contributed by atoms with Gasteiger partial charge in [-0.05, 0) is 61.7 Å². The van der Waals surface area contributed by atoms with Gasteiger partial charge in [0.2, 0.25) is 0 Å². The highest BCUT2D eigenvalue weighted by molar-refractivity contribution is 5.49. The van der Waals surface area contributed by atoms with Crippen LogP contribution >= 0.6 is 0 Å². The molecule has 2 saturated heterocycles. The number of hydrogen-bond acceptors (Lipinski definition) is 7. The molecule has 0 radical (unpaired) electrons. The lowest BCUT2D eigenvalue weighted by Crippen LogP contribution is -2.55. The summed E-state index contributed by atoms with van der Waals surface area (Å²) < 4.78 is 16.8. The summed E-state index contributed by atoms with van der Waals surface area (Å²) in [4.78, 5) is 4.42. The van der Waals surface area contributed by atoms with Crippen LogP contribution in [0.5, 0.6) is 11.5 Å². The van der Waals surface area contributed by atoms with Crippen LogP contribution in [0.25, 0.3) is 0 Å². The Kier molecular flexibility index (Phi) is 7.44. The highest BCUT2D eigenvalue weighted by Gasteiger charge is 2.39. The number of methoxy groups -OCH3 is 1. The van der Waals surface area contributed by atoms with Gasteiger partial charge in [-0.15, -0.1) is 0 Å². The number of benzene rings is 2. The van der Waals surface area contributed by atoms with Crippen molar-refractivity contribution in [2.45, 2.75) is 31.0 Å². The van der Waals surface area contributed by atoms with Crippen LogP contribution in [-0.4, -0.2) is 86.0 Å². The van der Waals surface area contributed by atoms with Gasteiger partial charge in [-0.1, -0.05) is 12.1 Å². The number of piperidine rings is 1. The molecule has 0 spiro atoms. The van der Waals surface area contributed by atoms with Crippen LogP contribution in [0.3, 0.4) is 0 Å². The maximum absolute atomic E-state index is 11.3. The number of ether oxygens (including phenoxy) is 3. The third-order valence-electron chi connectivity index (χ3n) is 6.59. The second-order valence-corrected chi connectivity index (χ2v) is 9.50. The van der Waals surface area contributed by atoms with E-state index in [0.717, 1.165) is 35.8 Å². The summed E-state index contributed by atoms with van der Waals surface area (Å²) in [7, 11) is 1.67. The third-order valence-corrected chi connectivity index (χ3v) is 6.59. The quantitative estimate of drug-likeness (QED) is 0.663. The molecule has 0 aliphatic carbocycles. The number of anilines is 1. The summed E-state index contributed by atoms with van der Waals surface area (Å²) in [5.74, 6) is 1.58. The molecule has 1 atom stereocenters. The number of hydrogen-bond donors (Lipinski definition) is 2. The van der Waals surface area contributed by atoms with Crippen LogP contribution < -0.4 is 14.4 Å². The van der Waals surface area contributed by atoms with Gasteiger partial charge in [0.25, 0.3) is 0 Å². The van der Waals surface area contributed by atoms with E-state index in [1.54, 1.807) is 7.11 Å². The van der Waals surface area contributed by atoms with Gasteiger partial charge in [0.1, 0.15) is 23.7 Å². The van der Waals surface area contributed by atoms with Gasteiger partial charge >= 0.3 is 0 Å². The summed E-state index contributed by atoms with van der Waals surface area (Å²) in [6.07, 6.45) is 1.35. The largest absolute Gasteiger partial charge is 0.497 e. The van der Waals surface area contributed by atoms with Crippen LogP contribution in [0.15, 0.2) is 48.5 Å². The van der Waals surface area contributed by atoms with Crippen molar-refractivity contribution in [1.82, 2.24) is 4.90 Å². The molecule has 2 aliphatic rings. The molecule has 7 heteroatoms. The van der Waals surface area contributed by atoms with Crippen molar-refractivity contribution >= 4 is 5.69 Å². The molecule has 2 aliphatic heterocycles. The van der Waals surface area contributed by atoms with E-state index in [1.807, 2.05) is 43.3 Å². The van der Waals surface area contributed by atoms with Crippen molar-refractivity contribution in [2.24, 2.45) is 0 Å². The lowest BCUT2D eigenvalue weighted by atomic mass is 9.90. The summed E-state index contributed by atoms with van der Waals surface area (Å²) in [5, 5.41) is 22.5. The Morgan fingerprint density at radius 2 is 1.73 bits per heavy atom. The summed E-state index contributed by atoms with van der Waals surface area (Å²) in [6, 6.07) is 15.9. The van der Waals surface area contributed by atoms with Crippen molar-refractivity contribution in [1.29, 1.82) is 0 Å². The van der Waals surface area contributed by atoms with Crippen molar-refractivity contribution < 1.29 is 24.4 Å². The molecule has 2 N–H and O–H groups in total. The van der Waals surface area contributed by atoms with E-state index in [9.17, 15) is 10.2 Å². The average molecular weight is 457 g/mol. The molecule has 2 heterocycles. The van der Waals surface area contributed by atoms with Crippen LogP contribution in [-0.2, 0) is 4.74 Å². The number of aliphatic hydroxyl groups is 2. The molecule has 0 aromatic heterocycles. The maximum Gasteiger partial charge on any atom is 0.134 e. The zero-order valence-corrected chi connectivity index (χ0v) is 19.7. The Morgan fingerprint density at radius 3 is 2.42 bits per heavy atom. The van der Waals surface area contributed by atoms with Crippen molar-refractivity contribution in [3.63, 3.8) is 0 Å². The Bertz CT molecular complexity index is 898. The topological polar surface area (TPSA) is 74.6 Å². The molecule has 2 fully saturated rings. The zero-order valence-electron chi connectivity index (χ0n) is 19.7. The number of nitrogens with zero attached hydrogens (tertiary/aromatic N) is 2. The molecule has 33 heavy (non-hydrogen) atoms. The van der Waals surface area contributed by atoms with Gasteiger partial charge in [-0.25, -0.2) is 0 Å². The zero-order chi connectivity index (χ0) is 23.3. The fraction of sp³-hybridized carbons (Fsp3) is 0.538. The fourth-order valence-corrected chi connectivity index (χ4v) is 4.69. The first-order valence-corrected chi connectivity index (χ1v) is 11.7. The summed E-state index contributed by atoms with van der Waals surface area (Å²) in [6.45, 7) is 6.08. The second-order valence-electron chi connectivity index (χ2n) is 9.50. The molecule has 0 unspecified atom stereocenters. The molecule has 2 aromatic carbocycles. The number of aryl methyl sites for hydroxylation is 1. The van der Waals surface area contributed by atoms with E-state index in [0.29, 0.717) is 39.1 Å². The third kappa shape index (κ3) is 6.38. The first-order chi connectivity index (χ1) is 15.9. The monoisotopic (exact) mass is 456 g/mol. The van der Waals surface area contributed by atoms with Gasteiger partial charge in [0.15, 0.2) is 0 Å². The molecular formula is C26H36N2O5. The van der Waals surface area contributed by atoms with Gasteiger partial charge < -0.3 is 29.3 Å². The Labute approximate surface area is 196 Å². The minimum atomic E-state index is -1.12. The smallest absolute Gasteiger partial charge is 0.134 e. The molecule has 4 rings (SSSR count). The van der Waals surface area contributed by atoms with Crippen molar-refractivity contribution in [2.75, 3.05) is 64.6 Å². The van der Waals surface area contributed by atoms with Crippen LogP contribution in [0.2, 0.25) is 0 Å². The Morgan fingerprint density at radius 1 is 0.970 bits per heavy atom. The van der Waals surface area contributed by atoms with E-state index in [-0.39, 0.29) is 13.2 Å². The second kappa shape index (κ2) is 10.3. The van der Waals surface area contributed by atoms with Crippen LogP contribution in [0.1, 0.15) is 18.4 Å². The molecular weight excluding hydrogens is 420 g/mol. The Balaban J connectivity index is 1.32. The SMILES string of the molecule is COc1ccc(N2CCC(O)(CN3CCOC[C@](O)(COc4cccc(C)c4)C3)CC2)cc1. The van der Waals surface area contributed by atoms with Crippen LogP contribution in [0, 0.1) is 6.92 Å². The molecule has 2 aromatic rings. The Hall–Kier alpha value is -2.32. The summed E-state index contributed by atoms with van der Waals surface area (Å²) in [5.41, 5.74) is 0.344. The van der Waals surface area contributed by atoms with E-state index >= 15 is 0 Å². The van der Waals surface area contributed by atoms with Gasteiger partial charge in [0.05, 0.1) is 25.9 Å². The minimum Gasteiger partial charge on any atom is -0.497 e. The fourth-order valence-electron chi connectivity index (χ4n) is 4.69. The first-order valence-electron chi connectivity index (χ1n) is 11.7. The predicted molar refractivity (Wildman–Crippen MR) is 128 cm³/mol. The molecule has 0 amide bonds. The van der Waals surface area contributed by atoms with E-state index < -0.39 is 11.2 Å². The molecule has 0 bridgehead atoms. The number of rotatable bonds is 7. The lowest BCUT2D eigenvalue weighted by Gasteiger charge is -2.42. The van der Waals surface area contributed by atoms with E-state index in [2.05, 4.69) is 21.9 Å². The normalized spacial score (nSPS) is 23.7. The number of β-amino-alcohol motifs (C(OH)–C–C–N with tert-alkyl or cyclic N) is 2. The maximum atomic E-state index is 11.3. The van der Waals surface area contributed by atoms with Crippen molar-refractivity contribution in [3.8, 4) is 11.5 Å². The first kappa shape index (κ1) is 23.8. The minimum absolute atomic E-state index is 0.149. The highest BCUT2D eigenvalue weighted by Crippen LogP contribution is 2.29. The van der Waals surface area contributed by atoms with E-state index in [4.69, 9.17) is 14.2 Å². The predicted octanol–water partition coefficient (Wildman–Crippen LogP) is 2.48. The van der Waals surface area contributed by atoms with E-state index in [1.165, 1.54) is 0 Å². The van der Waals surface area contributed by atoms with Gasteiger partial charge in [-0.2, -0.15) is 0 Å².